The second kappa shape index (κ2) is 10.1. The highest BCUT2D eigenvalue weighted by molar-refractivity contribution is 6.32. The van der Waals surface area contributed by atoms with Crippen molar-refractivity contribution in [3.63, 3.8) is 0 Å². The first kappa shape index (κ1) is 19.4. The fourth-order valence-electron chi connectivity index (χ4n) is 3.12. The highest BCUT2D eigenvalue weighted by Gasteiger charge is 2.17. The van der Waals surface area contributed by atoms with E-state index in [-0.39, 0.29) is 6.61 Å². The molecule has 2 N–H and O–H groups in total. The number of hydrogen-bond acceptors (Lipinski definition) is 2. The highest BCUT2D eigenvalue weighted by Crippen LogP contribution is 2.23. The van der Waals surface area contributed by atoms with Crippen LogP contribution in [0, 0.1) is 0 Å². The lowest BCUT2D eigenvalue weighted by Gasteiger charge is -2.23. The fourth-order valence-corrected chi connectivity index (χ4v) is 3.31. The van der Waals surface area contributed by atoms with Crippen LogP contribution in [0.5, 0.6) is 5.75 Å². The smallest absolute Gasteiger partial charge is 0.138 e. The molecule has 0 saturated carbocycles. The topological polar surface area (TPSA) is 33.9 Å². The molecule has 1 atom stereocenters. The minimum absolute atomic E-state index is 0.219. The van der Waals surface area contributed by atoms with Gasteiger partial charge in [-0.2, -0.15) is 0 Å². The zero-order chi connectivity index (χ0) is 18.9. The maximum Gasteiger partial charge on any atom is 0.138 e. The monoisotopic (exact) mass is 382 g/mol. The van der Waals surface area contributed by atoms with E-state index >= 15 is 0 Å². The van der Waals surface area contributed by atoms with Crippen LogP contribution >= 0.6 is 11.6 Å². The van der Waals surface area contributed by atoms with Gasteiger partial charge in [0.25, 0.3) is 0 Å². The molecule has 27 heavy (non-hydrogen) atoms. The molecule has 0 aromatic heterocycles. The van der Waals surface area contributed by atoms with Gasteiger partial charge < -0.3 is 14.7 Å². The zero-order valence-electron chi connectivity index (χ0n) is 15.2. The Hall–Kier alpha value is -2.33. The van der Waals surface area contributed by atoms with Crippen LogP contribution in [0.4, 0.5) is 0 Å². The van der Waals surface area contributed by atoms with Gasteiger partial charge in [-0.25, -0.2) is 0 Å². The maximum atomic E-state index is 10.5. The van der Waals surface area contributed by atoms with Crippen LogP contribution in [0.2, 0.25) is 5.02 Å². The third-order valence-electron chi connectivity index (χ3n) is 4.39. The van der Waals surface area contributed by atoms with Gasteiger partial charge in [-0.3, -0.25) is 0 Å². The Morgan fingerprint density at radius 1 is 0.778 bits per heavy atom. The van der Waals surface area contributed by atoms with Crippen LogP contribution < -0.4 is 9.64 Å². The lowest BCUT2D eigenvalue weighted by atomic mass is 10.1. The largest absolute Gasteiger partial charge is 0.489 e. The van der Waals surface area contributed by atoms with Crippen molar-refractivity contribution in [1.29, 1.82) is 0 Å². The molecule has 3 aromatic rings. The number of quaternary nitrogens is 1. The summed E-state index contributed by atoms with van der Waals surface area (Å²) in [7, 11) is 0. The Morgan fingerprint density at radius 3 is 1.85 bits per heavy atom. The number of aliphatic hydroxyl groups excluding tert-OH is 1. The van der Waals surface area contributed by atoms with Gasteiger partial charge in [0, 0.05) is 11.1 Å². The Morgan fingerprint density at radius 2 is 1.30 bits per heavy atom. The molecule has 3 aromatic carbocycles. The number of hydrogen-bond donors (Lipinski definition) is 2. The van der Waals surface area contributed by atoms with Crippen LogP contribution in [0.3, 0.4) is 0 Å². The molecule has 0 aliphatic rings. The average Bonchev–Trinajstić information content (AvgIpc) is 2.69. The molecular weight excluding hydrogens is 358 g/mol. The summed E-state index contributed by atoms with van der Waals surface area (Å²) in [5.41, 5.74) is 2.50. The first-order chi connectivity index (χ1) is 13.2. The van der Waals surface area contributed by atoms with E-state index in [9.17, 15) is 5.11 Å². The van der Waals surface area contributed by atoms with Gasteiger partial charge in [-0.15, -0.1) is 0 Å². The molecule has 4 heteroatoms. The molecule has 0 saturated heterocycles. The number of halogens is 1. The predicted octanol–water partition coefficient (Wildman–Crippen LogP) is 3.37. The average molecular weight is 383 g/mol. The first-order valence-electron chi connectivity index (χ1n) is 9.17. The second-order valence-electron chi connectivity index (χ2n) is 6.67. The highest BCUT2D eigenvalue weighted by atomic mass is 35.5. The number of para-hydroxylation sites is 1. The van der Waals surface area contributed by atoms with E-state index in [1.807, 2.05) is 54.6 Å². The minimum atomic E-state index is -0.580. The Bertz CT molecular complexity index is 769. The lowest BCUT2D eigenvalue weighted by Crippen LogP contribution is -3.10. The Labute approximate surface area is 165 Å². The predicted molar refractivity (Wildman–Crippen MR) is 109 cm³/mol. The van der Waals surface area contributed by atoms with Crippen LogP contribution in [0.1, 0.15) is 11.1 Å². The third-order valence-corrected chi connectivity index (χ3v) is 4.70. The molecule has 0 unspecified atom stereocenters. The van der Waals surface area contributed by atoms with Crippen LogP contribution in [-0.2, 0) is 13.1 Å². The van der Waals surface area contributed by atoms with E-state index in [1.165, 1.54) is 16.0 Å². The quantitative estimate of drug-likeness (QED) is 0.595. The van der Waals surface area contributed by atoms with Gasteiger partial charge in [0.2, 0.25) is 0 Å². The summed E-state index contributed by atoms with van der Waals surface area (Å²) in [6.45, 7) is 2.50. The molecule has 140 valence electrons. The van der Waals surface area contributed by atoms with E-state index in [4.69, 9.17) is 16.3 Å². The van der Waals surface area contributed by atoms with Crippen LogP contribution in [-0.4, -0.2) is 24.4 Å². The first-order valence-corrected chi connectivity index (χ1v) is 9.55. The van der Waals surface area contributed by atoms with Gasteiger partial charge in [-0.1, -0.05) is 84.4 Å². The summed E-state index contributed by atoms with van der Waals surface area (Å²) in [5, 5.41) is 11.1. The minimum Gasteiger partial charge on any atom is -0.489 e. The number of nitrogens with one attached hydrogen (secondary N) is 1. The van der Waals surface area contributed by atoms with E-state index < -0.39 is 6.10 Å². The Kier molecular flexibility index (Phi) is 7.28. The fraction of sp³-hybridized carbons (Fsp3) is 0.217. The summed E-state index contributed by atoms with van der Waals surface area (Å²) >= 11 is 6.12. The standard InChI is InChI=1S/C23H24ClNO2/c24-22-13-7-8-14-23(22)27-18-21(26)17-25(15-19-9-3-1-4-10-19)16-20-11-5-2-6-12-20/h1-14,21,26H,15-18H2/p+1/t21-/m1/s1. The molecule has 0 aliphatic heterocycles. The zero-order valence-corrected chi connectivity index (χ0v) is 16.0. The molecule has 0 spiro atoms. The van der Waals surface area contributed by atoms with Gasteiger partial charge in [0.1, 0.15) is 38.1 Å². The molecule has 3 nitrogen and oxygen atoms in total. The van der Waals surface area contributed by atoms with E-state index in [0.717, 1.165) is 13.1 Å². The number of aliphatic hydroxyl groups is 1. The van der Waals surface area contributed by atoms with Crippen molar-refractivity contribution < 1.29 is 14.7 Å². The summed E-state index contributed by atoms with van der Waals surface area (Å²) < 4.78 is 5.70. The number of benzene rings is 3. The van der Waals surface area contributed by atoms with Crippen molar-refractivity contribution in [3.05, 3.63) is 101 Å². The number of ether oxygens (including phenoxy) is 1. The molecule has 0 fully saturated rings. The van der Waals surface area contributed by atoms with Crippen LogP contribution in [0.15, 0.2) is 84.9 Å². The van der Waals surface area contributed by atoms with Gasteiger partial charge in [0.05, 0.1) is 5.02 Å². The summed E-state index contributed by atoms with van der Waals surface area (Å²) in [5.74, 6) is 0.603. The van der Waals surface area contributed by atoms with Crippen molar-refractivity contribution in [2.75, 3.05) is 13.2 Å². The van der Waals surface area contributed by atoms with Crippen molar-refractivity contribution in [1.82, 2.24) is 0 Å². The molecule has 3 rings (SSSR count). The van der Waals surface area contributed by atoms with Crippen LogP contribution in [0.25, 0.3) is 0 Å². The van der Waals surface area contributed by atoms with E-state index in [1.54, 1.807) is 6.07 Å². The molecule has 0 aliphatic carbocycles. The lowest BCUT2D eigenvalue weighted by molar-refractivity contribution is -0.930. The molecule has 0 amide bonds. The Balaban J connectivity index is 1.62. The number of rotatable bonds is 9. The second-order valence-corrected chi connectivity index (χ2v) is 7.08. The van der Waals surface area contributed by atoms with Crippen molar-refractivity contribution in [2.24, 2.45) is 0 Å². The third kappa shape index (κ3) is 6.40. The normalized spacial score (nSPS) is 12.1. The molecule has 0 bridgehead atoms. The van der Waals surface area contributed by atoms with E-state index in [0.29, 0.717) is 17.3 Å². The summed E-state index contributed by atoms with van der Waals surface area (Å²) in [4.78, 5) is 1.28. The maximum absolute atomic E-state index is 10.5. The SMILES string of the molecule is O[C@@H](COc1ccccc1Cl)C[NH+](Cc1ccccc1)Cc1ccccc1. The molecular formula is C23H25ClNO2+. The van der Waals surface area contributed by atoms with Gasteiger partial charge in [0.15, 0.2) is 0 Å². The van der Waals surface area contributed by atoms with E-state index in [2.05, 4.69) is 24.3 Å². The molecule has 0 heterocycles. The molecule has 0 radical (unpaired) electrons. The van der Waals surface area contributed by atoms with Gasteiger partial charge >= 0.3 is 0 Å². The van der Waals surface area contributed by atoms with Crippen molar-refractivity contribution >= 4 is 11.6 Å². The van der Waals surface area contributed by atoms with Crippen molar-refractivity contribution in [3.8, 4) is 5.75 Å². The van der Waals surface area contributed by atoms with Gasteiger partial charge in [-0.05, 0) is 12.1 Å². The van der Waals surface area contributed by atoms with Crippen molar-refractivity contribution in [2.45, 2.75) is 19.2 Å². The summed E-state index contributed by atoms with van der Waals surface area (Å²) in [6, 6.07) is 28.0. The summed E-state index contributed by atoms with van der Waals surface area (Å²) in [6.07, 6.45) is -0.580.